The molecule has 1 aromatic carbocycles. The third-order valence-electron chi connectivity index (χ3n) is 2.44. The van der Waals surface area contributed by atoms with Gasteiger partial charge in [0.25, 0.3) is 0 Å². The van der Waals surface area contributed by atoms with Crippen LogP contribution in [0.3, 0.4) is 0 Å². The van der Waals surface area contributed by atoms with Crippen LogP contribution in [-0.2, 0) is 0 Å². The molecule has 1 N–H and O–H groups in total. The molecule has 2 atom stereocenters. The van der Waals surface area contributed by atoms with E-state index >= 15 is 0 Å². The lowest BCUT2D eigenvalue weighted by molar-refractivity contribution is 0.565. The highest BCUT2D eigenvalue weighted by atomic mass is 32.2. The predicted molar refractivity (Wildman–Crippen MR) is 58.8 cm³/mol. The second kappa shape index (κ2) is 4.49. The van der Waals surface area contributed by atoms with E-state index in [1.54, 1.807) is 11.8 Å². The summed E-state index contributed by atoms with van der Waals surface area (Å²) in [6.07, 6.45) is 1.10. The van der Waals surface area contributed by atoms with Crippen LogP contribution in [0.15, 0.2) is 18.2 Å². The van der Waals surface area contributed by atoms with Crippen LogP contribution in [-0.4, -0.2) is 11.8 Å². The van der Waals surface area contributed by atoms with E-state index in [2.05, 4.69) is 12.2 Å². The first-order valence-corrected chi connectivity index (χ1v) is 5.94. The fraction of sp³-hybridized carbons (Fsp3) is 0.455. The van der Waals surface area contributed by atoms with Crippen molar-refractivity contribution in [2.75, 3.05) is 6.54 Å². The predicted octanol–water partition coefficient (Wildman–Crippen LogP) is 3.08. The van der Waals surface area contributed by atoms with Gasteiger partial charge >= 0.3 is 0 Å². The maximum atomic E-state index is 13.0. The molecule has 82 valence electrons. The van der Waals surface area contributed by atoms with Crippen molar-refractivity contribution in [3.8, 4) is 0 Å². The average molecular weight is 229 g/mol. The zero-order valence-electron chi connectivity index (χ0n) is 8.47. The van der Waals surface area contributed by atoms with Crippen molar-refractivity contribution in [2.24, 2.45) is 0 Å². The van der Waals surface area contributed by atoms with Crippen molar-refractivity contribution in [1.82, 2.24) is 5.32 Å². The van der Waals surface area contributed by atoms with Crippen molar-refractivity contribution >= 4 is 11.8 Å². The Bertz CT molecular complexity index is 336. The van der Waals surface area contributed by atoms with E-state index in [1.807, 2.05) is 0 Å². The lowest BCUT2D eigenvalue weighted by Crippen LogP contribution is -2.28. The van der Waals surface area contributed by atoms with E-state index in [0.29, 0.717) is 10.8 Å². The van der Waals surface area contributed by atoms with Crippen LogP contribution < -0.4 is 5.32 Å². The van der Waals surface area contributed by atoms with Crippen LogP contribution in [0.5, 0.6) is 0 Å². The van der Waals surface area contributed by atoms with E-state index in [9.17, 15) is 8.78 Å². The Morgan fingerprint density at radius 1 is 1.27 bits per heavy atom. The summed E-state index contributed by atoms with van der Waals surface area (Å²) in [5.74, 6) is -1.02. The molecule has 0 amide bonds. The molecule has 1 saturated heterocycles. The maximum Gasteiger partial charge on any atom is 0.126 e. The van der Waals surface area contributed by atoms with Crippen molar-refractivity contribution in [1.29, 1.82) is 0 Å². The molecule has 2 unspecified atom stereocenters. The highest BCUT2D eigenvalue weighted by molar-refractivity contribution is 8.00. The number of hydrogen-bond acceptors (Lipinski definition) is 2. The molecule has 15 heavy (non-hydrogen) atoms. The minimum absolute atomic E-state index is 0.0129. The number of halogens is 2. The summed E-state index contributed by atoms with van der Waals surface area (Å²) < 4.78 is 26.0. The molecule has 1 aromatic rings. The van der Waals surface area contributed by atoms with Crippen LogP contribution in [0.2, 0.25) is 0 Å². The van der Waals surface area contributed by atoms with Gasteiger partial charge < -0.3 is 5.32 Å². The topological polar surface area (TPSA) is 12.0 Å². The molecule has 2 rings (SSSR count). The van der Waals surface area contributed by atoms with Crippen molar-refractivity contribution in [3.63, 3.8) is 0 Å². The van der Waals surface area contributed by atoms with Gasteiger partial charge in [-0.1, -0.05) is 6.92 Å². The Morgan fingerprint density at radius 3 is 2.53 bits per heavy atom. The second-order valence-electron chi connectivity index (χ2n) is 3.77. The molecular weight excluding hydrogens is 216 g/mol. The average Bonchev–Trinajstić information content (AvgIpc) is 2.16. The normalized spacial score (nSPS) is 26.6. The summed E-state index contributed by atoms with van der Waals surface area (Å²) >= 11 is 1.71. The molecular formula is C11H13F2NS. The summed E-state index contributed by atoms with van der Waals surface area (Å²) in [7, 11) is 0. The summed E-state index contributed by atoms with van der Waals surface area (Å²) in [4.78, 5) is 0. The Balaban J connectivity index is 2.20. The first kappa shape index (κ1) is 10.9. The summed E-state index contributed by atoms with van der Waals surface area (Å²) in [6.45, 7) is 3.03. The Hall–Kier alpha value is -0.610. The molecule has 1 nitrogen and oxygen atoms in total. The lowest BCUT2D eigenvalue weighted by atomic mass is 10.2. The van der Waals surface area contributed by atoms with Gasteiger partial charge in [0.05, 0.1) is 5.37 Å². The minimum atomic E-state index is -0.509. The summed E-state index contributed by atoms with van der Waals surface area (Å²) in [6, 6.07) is 3.69. The lowest BCUT2D eigenvalue weighted by Gasteiger charge is -2.28. The van der Waals surface area contributed by atoms with Gasteiger partial charge in [0, 0.05) is 11.3 Å². The third-order valence-corrected chi connectivity index (χ3v) is 3.85. The van der Waals surface area contributed by atoms with Gasteiger partial charge in [0.2, 0.25) is 0 Å². The molecule has 1 aliphatic rings. The molecule has 1 aliphatic heterocycles. The molecule has 1 heterocycles. The van der Waals surface area contributed by atoms with E-state index in [4.69, 9.17) is 0 Å². The molecule has 4 heteroatoms. The molecule has 1 fully saturated rings. The van der Waals surface area contributed by atoms with Crippen LogP contribution in [0.4, 0.5) is 8.78 Å². The number of nitrogens with one attached hydrogen (secondary N) is 1. The fourth-order valence-corrected chi connectivity index (χ4v) is 2.91. The Morgan fingerprint density at radius 2 is 1.93 bits per heavy atom. The highest BCUT2D eigenvalue weighted by Gasteiger charge is 2.21. The number of hydrogen-bond donors (Lipinski definition) is 1. The van der Waals surface area contributed by atoms with Gasteiger partial charge in [-0.05, 0) is 30.7 Å². The number of benzene rings is 1. The first-order chi connectivity index (χ1) is 7.15. The number of thioether (sulfide) groups is 1. The van der Waals surface area contributed by atoms with E-state index in [-0.39, 0.29) is 5.37 Å². The van der Waals surface area contributed by atoms with Gasteiger partial charge in [-0.25, -0.2) is 8.78 Å². The minimum Gasteiger partial charge on any atom is -0.302 e. The van der Waals surface area contributed by atoms with E-state index in [0.717, 1.165) is 19.0 Å². The quantitative estimate of drug-likeness (QED) is 0.794. The third kappa shape index (κ3) is 2.69. The first-order valence-electron chi connectivity index (χ1n) is 5.00. The second-order valence-corrected chi connectivity index (χ2v) is 5.32. The fourth-order valence-electron chi connectivity index (χ4n) is 1.69. The zero-order chi connectivity index (χ0) is 10.8. The summed E-state index contributed by atoms with van der Waals surface area (Å²) in [5, 5.41) is 3.79. The molecule has 0 aromatic heterocycles. The van der Waals surface area contributed by atoms with E-state index < -0.39 is 11.6 Å². The molecule has 0 aliphatic carbocycles. The monoisotopic (exact) mass is 229 g/mol. The SMILES string of the molecule is CC1CCNC(c2cc(F)cc(F)c2)S1. The van der Waals surface area contributed by atoms with Crippen LogP contribution in [0, 0.1) is 11.6 Å². The van der Waals surface area contributed by atoms with Crippen LogP contribution in [0.25, 0.3) is 0 Å². The van der Waals surface area contributed by atoms with Gasteiger partial charge in [-0.15, -0.1) is 11.8 Å². The molecule has 0 spiro atoms. The zero-order valence-corrected chi connectivity index (χ0v) is 9.28. The van der Waals surface area contributed by atoms with Crippen molar-refractivity contribution < 1.29 is 8.78 Å². The highest BCUT2D eigenvalue weighted by Crippen LogP contribution is 2.34. The van der Waals surface area contributed by atoms with Crippen LogP contribution >= 0.6 is 11.8 Å². The van der Waals surface area contributed by atoms with Crippen molar-refractivity contribution in [2.45, 2.75) is 24.0 Å². The number of rotatable bonds is 1. The van der Waals surface area contributed by atoms with Crippen LogP contribution in [0.1, 0.15) is 24.3 Å². The van der Waals surface area contributed by atoms with Gasteiger partial charge in [-0.2, -0.15) is 0 Å². The maximum absolute atomic E-state index is 13.0. The summed E-state index contributed by atoms with van der Waals surface area (Å²) in [5.41, 5.74) is 0.684. The van der Waals surface area contributed by atoms with E-state index in [1.165, 1.54) is 12.1 Å². The van der Waals surface area contributed by atoms with Gasteiger partial charge in [0.1, 0.15) is 11.6 Å². The smallest absolute Gasteiger partial charge is 0.126 e. The van der Waals surface area contributed by atoms with Crippen molar-refractivity contribution in [3.05, 3.63) is 35.4 Å². The molecule has 0 radical (unpaired) electrons. The van der Waals surface area contributed by atoms with Gasteiger partial charge in [0.15, 0.2) is 0 Å². The standard InChI is InChI=1S/C11H13F2NS/c1-7-2-3-14-11(15-7)8-4-9(12)6-10(13)5-8/h4-7,11,14H,2-3H2,1H3. The Kier molecular flexibility index (Phi) is 3.26. The van der Waals surface area contributed by atoms with Gasteiger partial charge in [-0.3, -0.25) is 0 Å². The molecule has 0 bridgehead atoms. The Labute approximate surface area is 92.3 Å². The molecule has 0 saturated carbocycles. The largest absolute Gasteiger partial charge is 0.302 e.